The number of carbonyl (C=O) groups excluding carboxylic acids is 3. The molecule has 0 aromatic heterocycles. The Balaban J connectivity index is 4.81. The minimum Gasteiger partial charge on any atom is -0.480 e. The Labute approximate surface area is 170 Å². The summed E-state index contributed by atoms with van der Waals surface area (Å²) >= 11 is 1.57. The molecule has 0 aliphatic rings. The van der Waals surface area contributed by atoms with E-state index < -0.39 is 41.8 Å². The van der Waals surface area contributed by atoms with E-state index in [1.807, 2.05) is 20.1 Å². The molecular formula is C18H34N4O5S. The lowest BCUT2D eigenvalue weighted by atomic mass is 10.0. The molecule has 0 heterocycles. The third-order valence-corrected chi connectivity index (χ3v) is 4.63. The van der Waals surface area contributed by atoms with E-state index in [1.165, 1.54) is 0 Å². The maximum atomic E-state index is 12.5. The summed E-state index contributed by atoms with van der Waals surface area (Å²) in [6.45, 7) is 6.84. The van der Waals surface area contributed by atoms with Crippen molar-refractivity contribution in [1.29, 1.82) is 0 Å². The average Bonchev–Trinajstić information content (AvgIpc) is 2.60. The number of carboxylic acids is 1. The highest BCUT2D eigenvalue weighted by Gasteiger charge is 2.29. The van der Waals surface area contributed by atoms with Crippen molar-refractivity contribution in [3.05, 3.63) is 0 Å². The lowest BCUT2D eigenvalue weighted by Gasteiger charge is -2.24. The van der Waals surface area contributed by atoms with E-state index in [4.69, 9.17) is 5.73 Å². The fraction of sp³-hybridized carbons (Fsp3) is 0.778. The zero-order chi connectivity index (χ0) is 21.9. The lowest BCUT2D eigenvalue weighted by Crippen LogP contribution is -2.55. The number of carboxylic acid groups (broad SMARTS) is 1. The largest absolute Gasteiger partial charge is 0.480 e. The first-order valence-corrected chi connectivity index (χ1v) is 10.7. The van der Waals surface area contributed by atoms with Crippen molar-refractivity contribution in [3.63, 3.8) is 0 Å². The van der Waals surface area contributed by atoms with Gasteiger partial charge in [0.15, 0.2) is 0 Å². The Kier molecular flexibility index (Phi) is 12.5. The molecule has 0 bridgehead atoms. The van der Waals surface area contributed by atoms with E-state index >= 15 is 0 Å². The zero-order valence-corrected chi connectivity index (χ0v) is 18.1. The molecule has 10 heteroatoms. The van der Waals surface area contributed by atoms with Gasteiger partial charge in [0.25, 0.3) is 0 Å². The predicted molar refractivity (Wildman–Crippen MR) is 110 cm³/mol. The number of hydrogen-bond acceptors (Lipinski definition) is 6. The summed E-state index contributed by atoms with van der Waals surface area (Å²) in [5, 5.41) is 16.7. The molecule has 0 saturated carbocycles. The normalized spacial score (nSPS) is 14.3. The van der Waals surface area contributed by atoms with Crippen LogP contribution in [-0.4, -0.2) is 65.5 Å². The second-order valence-corrected chi connectivity index (χ2v) is 8.41. The SMILES string of the molecule is CSCCC(N)C(=O)NCC(=O)NC(CC(C)C)C(=O)NC(C(=O)O)C(C)C. The molecule has 0 radical (unpaired) electrons. The lowest BCUT2D eigenvalue weighted by molar-refractivity contribution is -0.143. The first kappa shape index (κ1) is 26.2. The Morgan fingerprint density at radius 1 is 1.04 bits per heavy atom. The van der Waals surface area contributed by atoms with Crippen LogP contribution in [0.4, 0.5) is 0 Å². The monoisotopic (exact) mass is 418 g/mol. The summed E-state index contributed by atoms with van der Waals surface area (Å²) in [5.74, 6) is -2.15. The molecule has 0 spiro atoms. The molecule has 0 fully saturated rings. The van der Waals surface area contributed by atoms with Crippen molar-refractivity contribution in [3.8, 4) is 0 Å². The van der Waals surface area contributed by atoms with E-state index in [-0.39, 0.29) is 18.4 Å². The van der Waals surface area contributed by atoms with Gasteiger partial charge in [-0.3, -0.25) is 14.4 Å². The molecule has 0 saturated heterocycles. The van der Waals surface area contributed by atoms with Crippen LogP contribution in [0.2, 0.25) is 0 Å². The third-order valence-electron chi connectivity index (χ3n) is 3.98. The van der Waals surface area contributed by atoms with Gasteiger partial charge in [-0.2, -0.15) is 11.8 Å². The van der Waals surface area contributed by atoms with Crippen LogP contribution in [0.25, 0.3) is 0 Å². The van der Waals surface area contributed by atoms with Crippen molar-refractivity contribution >= 4 is 35.5 Å². The maximum absolute atomic E-state index is 12.5. The maximum Gasteiger partial charge on any atom is 0.326 e. The molecule has 3 atom stereocenters. The molecule has 0 rings (SSSR count). The number of nitrogens with one attached hydrogen (secondary N) is 3. The zero-order valence-electron chi connectivity index (χ0n) is 17.3. The second kappa shape index (κ2) is 13.4. The minimum atomic E-state index is -1.13. The van der Waals surface area contributed by atoms with Crippen LogP contribution >= 0.6 is 11.8 Å². The minimum absolute atomic E-state index is 0.0907. The van der Waals surface area contributed by atoms with Crippen LogP contribution < -0.4 is 21.7 Å². The van der Waals surface area contributed by atoms with Gasteiger partial charge < -0.3 is 26.8 Å². The quantitative estimate of drug-likeness (QED) is 0.281. The highest BCUT2D eigenvalue weighted by Crippen LogP contribution is 2.08. The summed E-state index contributed by atoms with van der Waals surface area (Å²) < 4.78 is 0. The number of rotatable bonds is 13. The summed E-state index contributed by atoms with van der Waals surface area (Å²) in [5.41, 5.74) is 5.74. The standard InChI is InChI=1S/C18H34N4O5S/c1-10(2)8-13(17(25)22-15(11(3)4)18(26)27)21-14(23)9-20-16(24)12(19)6-7-28-5/h10-13,15H,6-9,19H2,1-5H3,(H,20,24)(H,21,23)(H,22,25)(H,26,27). The number of amides is 3. The molecule has 6 N–H and O–H groups in total. The Bertz CT molecular complexity index is 542. The Morgan fingerprint density at radius 2 is 1.64 bits per heavy atom. The van der Waals surface area contributed by atoms with Gasteiger partial charge in [-0.15, -0.1) is 0 Å². The average molecular weight is 419 g/mol. The smallest absolute Gasteiger partial charge is 0.326 e. The van der Waals surface area contributed by atoms with Crippen LogP contribution in [0.1, 0.15) is 40.5 Å². The molecular weight excluding hydrogens is 384 g/mol. The first-order valence-electron chi connectivity index (χ1n) is 9.34. The highest BCUT2D eigenvalue weighted by atomic mass is 32.2. The highest BCUT2D eigenvalue weighted by molar-refractivity contribution is 7.98. The summed E-state index contributed by atoms with van der Waals surface area (Å²) in [7, 11) is 0. The van der Waals surface area contributed by atoms with Crippen LogP contribution in [-0.2, 0) is 19.2 Å². The number of thioether (sulfide) groups is 1. The van der Waals surface area contributed by atoms with Crippen molar-refractivity contribution in [2.45, 2.75) is 58.7 Å². The Morgan fingerprint density at radius 3 is 2.11 bits per heavy atom. The van der Waals surface area contributed by atoms with Crippen molar-refractivity contribution < 1.29 is 24.3 Å². The van der Waals surface area contributed by atoms with E-state index in [2.05, 4.69) is 16.0 Å². The number of carbonyl (C=O) groups is 4. The van der Waals surface area contributed by atoms with Crippen molar-refractivity contribution in [1.82, 2.24) is 16.0 Å². The topological polar surface area (TPSA) is 151 Å². The van der Waals surface area contributed by atoms with Gasteiger partial charge in [-0.1, -0.05) is 27.7 Å². The molecule has 162 valence electrons. The summed E-state index contributed by atoms with van der Waals surface area (Å²) in [4.78, 5) is 47.8. The fourth-order valence-electron chi connectivity index (χ4n) is 2.39. The van der Waals surface area contributed by atoms with E-state index in [9.17, 15) is 24.3 Å². The molecule has 9 nitrogen and oxygen atoms in total. The van der Waals surface area contributed by atoms with Crippen LogP contribution in [0.15, 0.2) is 0 Å². The fourth-order valence-corrected chi connectivity index (χ4v) is 2.88. The molecule has 0 aromatic carbocycles. The molecule has 0 aromatic rings. The Hall–Kier alpha value is -1.81. The number of aliphatic carboxylic acids is 1. The van der Waals surface area contributed by atoms with E-state index in [0.717, 1.165) is 5.75 Å². The van der Waals surface area contributed by atoms with E-state index in [0.29, 0.717) is 12.8 Å². The predicted octanol–water partition coefficient (Wildman–Crippen LogP) is -0.0607. The molecule has 0 aliphatic carbocycles. The van der Waals surface area contributed by atoms with Gasteiger partial charge in [0, 0.05) is 0 Å². The first-order chi connectivity index (χ1) is 13.0. The molecule has 3 amide bonds. The third kappa shape index (κ3) is 10.5. The number of hydrogen-bond donors (Lipinski definition) is 5. The van der Waals surface area contributed by atoms with Gasteiger partial charge in [0.2, 0.25) is 17.7 Å². The summed E-state index contributed by atoms with van der Waals surface area (Å²) in [6, 6.07) is -2.64. The van der Waals surface area contributed by atoms with Gasteiger partial charge >= 0.3 is 5.97 Å². The molecule has 3 unspecified atom stereocenters. The number of nitrogens with two attached hydrogens (primary N) is 1. The summed E-state index contributed by atoms with van der Waals surface area (Å²) in [6.07, 6.45) is 2.74. The van der Waals surface area contributed by atoms with Gasteiger partial charge in [-0.05, 0) is 36.7 Å². The van der Waals surface area contributed by atoms with Crippen molar-refractivity contribution in [2.24, 2.45) is 17.6 Å². The van der Waals surface area contributed by atoms with Crippen LogP contribution in [0.5, 0.6) is 0 Å². The molecule has 0 aliphatic heterocycles. The second-order valence-electron chi connectivity index (χ2n) is 7.42. The van der Waals surface area contributed by atoms with E-state index in [1.54, 1.807) is 25.6 Å². The van der Waals surface area contributed by atoms with Crippen LogP contribution in [0, 0.1) is 11.8 Å². The van der Waals surface area contributed by atoms with Gasteiger partial charge in [-0.25, -0.2) is 4.79 Å². The van der Waals surface area contributed by atoms with Gasteiger partial charge in [0.1, 0.15) is 12.1 Å². The van der Waals surface area contributed by atoms with Crippen molar-refractivity contribution in [2.75, 3.05) is 18.6 Å². The van der Waals surface area contributed by atoms with Crippen LogP contribution in [0.3, 0.4) is 0 Å². The van der Waals surface area contributed by atoms with Gasteiger partial charge in [0.05, 0.1) is 12.6 Å². The molecule has 28 heavy (non-hydrogen) atoms.